The zero-order valence-electron chi connectivity index (χ0n) is 15.7. The second-order valence-corrected chi connectivity index (χ2v) is 7.04. The number of aromatic nitrogens is 4. The number of ether oxygens (including phenoxy) is 1. The number of benzene rings is 2. The fourth-order valence-corrected chi connectivity index (χ4v) is 3.28. The fourth-order valence-electron chi connectivity index (χ4n) is 3.10. The van der Waals surface area contributed by atoms with Gasteiger partial charge in [-0.1, -0.05) is 23.7 Å². The molecule has 4 rings (SSSR count). The second kappa shape index (κ2) is 8.00. The van der Waals surface area contributed by atoms with Gasteiger partial charge < -0.3 is 15.5 Å². The molecule has 0 unspecified atom stereocenters. The first-order chi connectivity index (χ1) is 14.5. The highest BCUT2D eigenvalue weighted by atomic mass is 35.5. The third-order valence-electron chi connectivity index (χ3n) is 4.47. The number of nitrogens with zero attached hydrogens (tertiary/aromatic N) is 3. The lowest BCUT2D eigenvalue weighted by atomic mass is 10.1. The van der Waals surface area contributed by atoms with E-state index in [0.29, 0.717) is 23.5 Å². The van der Waals surface area contributed by atoms with Crippen molar-refractivity contribution in [3.8, 4) is 11.5 Å². The van der Waals surface area contributed by atoms with Gasteiger partial charge >= 0.3 is 0 Å². The molecular formula is C21H17ClFN5O2. The highest BCUT2D eigenvalue weighted by Crippen LogP contribution is 2.35. The van der Waals surface area contributed by atoms with Crippen molar-refractivity contribution in [3.63, 3.8) is 0 Å². The van der Waals surface area contributed by atoms with Crippen LogP contribution in [0.15, 0.2) is 60.4 Å². The third kappa shape index (κ3) is 3.77. The molecule has 4 aromatic rings. The van der Waals surface area contributed by atoms with Gasteiger partial charge in [-0.25, -0.2) is 14.4 Å². The van der Waals surface area contributed by atoms with E-state index in [9.17, 15) is 4.79 Å². The summed E-state index contributed by atoms with van der Waals surface area (Å²) in [5.74, 6) is -0.470. The number of rotatable bonds is 6. The summed E-state index contributed by atoms with van der Waals surface area (Å²) in [6.45, 7) is 3.64. The predicted molar refractivity (Wildman–Crippen MR) is 113 cm³/mol. The molecule has 0 aliphatic carbocycles. The molecule has 0 bridgehead atoms. The molecule has 2 aromatic carbocycles. The van der Waals surface area contributed by atoms with Crippen LogP contribution in [0.3, 0.4) is 0 Å². The summed E-state index contributed by atoms with van der Waals surface area (Å²) < 4.78 is 22.2. The Hall–Kier alpha value is -3.65. The SMILES string of the molecule is C=CCc1cc(N)cc(Oc2c(Cl)ccc(Cn3cnc4nc[nH]c4c3=O)c2F)c1. The minimum absolute atomic E-state index is 0.0567. The van der Waals surface area contributed by atoms with E-state index < -0.39 is 5.82 Å². The second-order valence-electron chi connectivity index (χ2n) is 6.63. The largest absolute Gasteiger partial charge is 0.453 e. The van der Waals surface area contributed by atoms with E-state index >= 15 is 4.39 Å². The van der Waals surface area contributed by atoms with Crippen LogP contribution < -0.4 is 16.0 Å². The fraction of sp³-hybridized carbons (Fsp3) is 0.0952. The molecule has 2 aromatic heterocycles. The Morgan fingerprint density at radius 3 is 2.93 bits per heavy atom. The van der Waals surface area contributed by atoms with Crippen molar-refractivity contribution >= 4 is 28.5 Å². The smallest absolute Gasteiger partial charge is 0.279 e. The number of hydrogen-bond donors (Lipinski definition) is 2. The van der Waals surface area contributed by atoms with Crippen molar-refractivity contribution in [2.45, 2.75) is 13.0 Å². The van der Waals surface area contributed by atoms with Crippen LogP contribution in [-0.2, 0) is 13.0 Å². The molecule has 152 valence electrons. The Morgan fingerprint density at radius 1 is 1.30 bits per heavy atom. The molecular weight excluding hydrogens is 409 g/mol. The van der Waals surface area contributed by atoms with E-state index in [-0.39, 0.29) is 34.0 Å². The first-order valence-corrected chi connectivity index (χ1v) is 9.37. The zero-order chi connectivity index (χ0) is 21.3. The number of allylic oxidation sites excluding steroid dienone is 1. The molecule has 0 aliphatic rings. The lowest BCUT2D eigenvalue weighted by molar-refractivity contribution is 0.437. The average Bonchev–Trinajstić information content (AvgIpc) is 3.19. The van der Waals surface area contributed by atoms with E-state index in [4.69, 9.17) is 22.1 Å². The molecule has 0 atom stereocenters. The normalized spacial score (nSPS) is 11.0. The van der Waals surface area contributed by atoms with Crippen molar-refractivity contribution in [2.75, 3.05) is 5.73 Å². The number of hydrogen-bond acceptors (Lipinski definition) is 5. The van der Waals surface area contributed by atoms with Gasteiger partial charge in [0.2, 0.25) is 0 Å². The average molecular weight is 426 g/mol. The molecule has 0 radical (unpaired) electrons. The molecule has 0 spiro atoms. The summed E-state index contributed by atoms with van der Waals surface area (Å²) in [7, 11) is 0. The van der Waals surface area contributed by atoms with Gasteiger partial charge in [-0.05, 0) is 30.2 Å². The van der Waals surface area contributed by atoms with Crippen LogP contribution in [0, 0.1) is 5.82 Å². The van der Waals surface area contributed by atoms with Gasteiger partial charge in [0.15, 0.2) is 22.7 Å². The summed E-state index contributed by atoms with van der Waals surface area (Å²) in [6.07, 6.45) is 5.02. The van der Waals surface area contributed by atoms with Crippen LogP contribution in [0.4, 0.5) is 10.1 Å². The summed E-state index contributed by atoms with van der Waals surface area (Å²) in [5.41, 5.74) is 7.66. The Kier molecular flexibility index (Phi) is 5.24. The van der Waals surface area contributed by atoms with Gasteiger partial charge in [0, 0.05) is 17.3 Å². The summed E-state index contributed by atoms with van der Waals surface area (Å²) in [6, 6.07) is 8.11. The first-order valence-electron chi connectivity index (χ1n) is 9.00. The number of aromatic amines is 1. The molecule has 7 nitrogen and oxygen atoms in total. The molecule has 30 heavy (non-hydrogen) atoms. The van der Waals surface area contributed by atoms with Crippen molar-refractivity contribution in [1.29, 1.82) is 0 Å². The third-order valence-corrected chi connectivity index (χ3v) is 4.77. The maximum absolute atomic E-state index is 15.2. The van der Waals surface area contributed by atoms with Crippen molar-refractivity contribution in [3.05, 3.63) is 88.0 Å². The van der Waals surface area contributed by atoms with E-state index in [1.54, 1.807) is 24.3 Å². The highest BCUT2D eigenvalue weighted by molar-refractivity contribution is 6.32. The Balaban J connectivity index is 1.69. The highest BCUT2D eigenvalue weighted by Gasteiger charge is 2.17. The van der Waals surface area contributed by atoms with E-state index in [0.717, 1.165) is 5.56 Å². The molecule has 0 amide bonds. The van der Waals surface area contributed by atoms with Crippen molar-refractivity contribution in [1.82, 2.24) is 19.5 Å². The summed E-state index contributed by atoms with van der Waals surface area (Å²) >= 11 is 6.18. The van der Waals surface area contributed by atoms with E-state index in [1.807, 2.05) is 0 Å². The maximum atomic E-state index is 15.2. The van der Waals surface area contributed by atoms with Crippen molar-refractivity contribution in [2.24, 2.45) is 0 Å². The standard InChI is InChI=1S/C21H17ClFN5O2/c1-2-3-12-6-14(24)8-15(7-12)30-19-16(22)5-4-13(17(19)23)9-28-11-27-20-18(21(28)29)25-10-26-20/h2,4-8,10-11H,1,3,9,24H2,(H,25,26). The number of imidazole rings is 1. The lowest BCUT2D eigenvalue weighted by Crippen LogP contribution is -2.21. The molecule has 0 aliphatic heterocycles. The van der Waals surface area contributed by atoms with Crippen molar-refractivity contribution < 1.29 is 9.13 Å². The van der Waals surface area contributed by atoms with Gasteiger partial charge in [0.1, 0.15) is 12.1 Å². The molecule has 9 heteroatoms. The minimum atomic E-state index is -0.674. The summed E-state index contributed by atoms with van der Waals surface area (Å²) in [4.78, 5) is 23.3. The van der Waals surface area contributed by atoms with Gasteiger partial charge in [0.05, 0.1) is 17.9 Å². The first kappa shape index (κ1) is 19.7. The lowest BCUT2D eigenvalue weighted by Gasteiger charge is -2.14. The van der Waals surface area contributed by atoms with Gasteiger partial charge in [-0.2, -0.15) is 0 Å². The Morgan fingerprint density at radius 2 is 2.13 bits per heavy atom. The van der Waals surface area contributed by atoms with Gasteiger partial charge in [-0.3, -0.25) is 9.36 Å². The van der Waals surface area contributed by atoms with Gasteiger partial charge in [0.25, 0.3) is 5.56 Å². The number of anilines is 1. The Bertz CT molecular complexity index is 1310. The van der Waals surface area contributed by atoms with Crippen LogP contribution >= 0.6 is 11.6 Å². The number of H-pyrrole nitrogens is 1. The maximum Gasteiger partial charge on any atom is 0.279 e. The number of fused-ring (bicyclic) bond motifs is 1. The minimum Gasteiger partial charge on any atom is -0.453 e. The monoisotopic (exact) mass is 425 g/mol. The van der Waals surface area contributed by atoms with E-state index in [2.05, 4.69) is 21.5 Å². The van der Waals surface area contributed by atoms with Crippen LogP contribution in [-0.4, -0.2) is 19.5 Å². The molecule has 0 fully saturated rings. The van der Waals surface area contributed by atoms with Crippen LogP contribution in [0.5, 0.6) is 11.5 Å². The molecule has 2 heterocycles. The topological polar surface area (TPSA) is 98.8 Å². The van der Waals surface area contributed by atoms with Crippen LogP contribution in [0.25, 0.3) is 11.2 Å². The van der Waals surface area contributed by atoms with E-state index in [1.165, 1.54) is 29.4 Å². The number of nitrogens with one attached hydrogen (secondary N) is 1. The number of nitrogens with two attached hydrogens (primary N) is 1. The van der Waals surface area contributed by atoms with Gasteiger partial charge in [-0.15, -0.1) is 6.58 Å². The molecule has 0 saturated carbocycles. The predicted octanol–water partition coefficient (Wildman–Crippen LogP) is 4.06. The zero-order valence-corrected chi connectivity index (χ0v) is 16.5. The number of halogens is 2. The summed E-state index contributed by atoms with van der Waals surface area (Å²) in [5, 5.41) is 0.0958. The quantitative estimate of drug-likeness (QED) is 0.358. The molecule has 0 saturated heterocycles. The Labute approximate surface area is 175 Å². The van der Waals surface area contributed by atoms with Crippen LogP contribution in [0.1, 0.15) is 11.1 Å². The molecule has 3 N–H and O–H groups in total. The van der Waals surface area contributed by atoms with Crippen LogP contribution in [0.2, 0.25) is 5.02 Å². The number of nitrogen functional groups attached to an aromatic ring is 1.